The number of aromatic nitrogens is 1. The second-order valence-electron chi connectivity index (χ2n) is 4.49. The van der Waals surface area contributed by atoms with E-state index in [1.807, 2.05) is 13.8 Å². The highest BCUT2D eigenvalue weighted by Gasteiger charge is 2.10. The minimum atomic E-state index is -0.506. The van der Waals surface area contributed by atoms with E-state index in [1.165, 1.54) is 12.1 Å². The minimum absolute atomic E-state index is 0.0599. The molecule has 2 aromatic rings. The highest BCUT2D eigenvalue weighted by Crippen LogP contribution is 2.17. The third kappa shape index (κ3) is 3.38. The van der Waals surface area contributed by atoms with Gasteiger partial charge in [-0.25, -0.2) is 4.39 Å². The molecule has 98 valence electrons. The van der Waals surface area contributed by atoms with E-state index >= 15 is 0 Å². The second kappa shape index (κ2) is 5.49. The van der Waals surface area contributed by atoms with Crippen LogP contribution in [-0.2, 0) is 6.42 Å². The van der Waals surface area contributed by atoms with E-state index in [0.717, 1.165) is 11.4 Å². The van der Waals surface area contributed by atoms with Gasteiger partial charge in [0.25, 0.3) is 0 Å². The zero-order valence-corrected chi connectivity index (χ0v) is 11.5. The van der Waals surface area contributed by atoms with Gasteiger partial charge in [-0.05, 0) is 43.7 Å². The Labute approximate surface area is 116 Å². The maximum absolute atomic E-state index is 13.3. The Morgan fingerprint density at radius 2 is 1.84 bits per heavy atom. The van der Waals surface area contributed by atoms with Crippen molar-refractivity contribution in [3.63, 3.8) is 0 Å². The molecule has 0 fully saturated rings. The third-order valence-corrected chi connectivity index (χ3v) is 3.06. The SMILES string of the molecule is Cc1cc(C(=O)Cc2ccc(Cl)c(F)c2)cc(C)n1. The normalized spacial score (nSPS) is 10.5. The van der Waals surface area contributed by atoms with Crippen LogP contribution in [0.2, 0.25) is 5.02 Å². The highest BCUT2D eigenvalue weighted by atomic mass is 35.5. The van der Waals surface area contributed by atoms with E-state index in [2.05, 4.69) is 4.98 Å². The lowest BCUT2D eigenvalue weighted by molar-refractivity contribution is 0.0992. The van der Waals surface area contributed by atoms with Crippen molar-refractivity contribution in [2.24, 2.45) is 0 Å². The summed E-state index contributed by atoms with van der Waals surface area (Å²) in [5.41, 5.74) is 2.80. The molecular weight excluding hydrogens is 265 g/mol. The maximum atomic E-state index is 13.3. The molecule has 0 bridgehead atoms. The average molecular weight is 278 g/mol. The van der Waals surface area contributed by atoms with Crippen molar-refractivity contribution in [1.29, 1.82) is 0 Å². The van der Waals surface area contributed by atoms with Crippen LogP contribution in [0.1, 0.15) is 27.3 Å². The lowest BCUT2D eigenvalue weighted by Crippen LogP contribution is -2.05. The fourth-order valence-electron chi connectivity index (χ4n) is 1.93. The van der Waals surface area contributed by atoms with Crippen LogP contribution in [0.4, 0.5) is 4.39 Å². The first-order valence-electron chi connectivity index (χ1n) is 5.88. The zero-order chi connectivity index (χ0) is 14.0. The van der Waals surface area contributed by atoms with Crippen LogP contribution in [-0.4, -0.2) is 10.8 Å². The van der Waals surface area contributed by atoms with Crippen molar-refractivity contribution in [3.05, 3.63) is 63.7 Å². The molecule has 0 aliphatic heterocycles. The van der Waals surface area contributed by atoms with Gasteiger partial charge in [0, 0.05) is 23.4 Å². The molecular formula is C15H13ClFNO. The van der Waals surface area contributed by atoms with Crippen LogP contribution in [0, 0.1) is 19.7 Å². The Kier molecular flexibility index (Phi) is 3.96. The smallest absolute Gasteiger partial charge is 0.167 e. The van der Waals surface area contributed by atoms with Crippen LogP contribution >= 0.6 is 11.6 Å². The Bertz CT molecular complexity index is 620. The number of benzene rings is 1. The largest absolute Gasteiger partial charge is 0.294 e. The summed E-state index contributed by atoms with van der Waals surface area (Å²) in [5, 5.41) is 0.0619. The number of hydrogen-bond acceptors (Lipinski definition) is 2. The number of halogens is 2. The van der Waals surface area contributed by atoms with Gasteiger partial charge in [0.15, 0.2) is 5.78 Å². The van der Waals surface area contributed by atoms with Gasteiger partial charge in [-0.3, -0.25) is 9.78 Å². The van der Waals surface area contributed by atoms with E-state index in [9.17, 15) is 9.18 Å². The summed E-state index contributed by atoms with van der Waals surface area (Å²) in [6.45, 7) is 3.68. The standard InChI is InChI=1S/C15H13ClFNO/c1-9-5-12(6-10(2)18-9)15(19)8-11-3-4-13(16)14(17)7-11/h3-7H,8H2,1-2H3. The Morgan fingerprint density at radius 3 is 2.42 bits per heavy atom. The highest BCUT2D eigenvalue weighted by molar-refractivity contribution is 6.30. The first kappa shape index (κ1) is 13.7. The first-order chi connectivity index (χ1) is 8.95. The molecule has 0 unspecified atom stereocenters. The zero-order valence-electron chi connectivity index (χ0n) is 10.7. The molecule has 1 aromatic heterocycles. The van der Waals surface area contributed by atoms with Gasteiger partial charge in [-0.1, -0.05) is 17.7 Å². The van der Waals surface area contributed by atoms with Crippen LogP contribution in [0.5, 0.6) is 0 Å². The quantitative estimate of drug-likeness (QED) is 0.796. The Hall–Kier alpha value is -1.74. The summed E-state index contributed by atoms with van der Waals surface area (Å²) >= 11 is 5.61. The van der Waals surface area contributed by atoms with Crippen LogP contribution in [0.15, 0.2) is 30.3 Å². The molecule has 0 saturated heterocycles. The van der Waals surface area contributed by atoms with E-state index in [4.69, 9.17) is 11.6 Å². The molecule has 0 aliphatic rings. The molecule has 1 heterocycles. The third-order valence-electron chi connectivity index (χ3n) is 2.75. The van der Waals surface area contributed by atoms with Crippen LogP contribution < -0.4 is 0 Å². The number of carbonyl (C=O) groups is 1. The van der Waals surface area contributed by atoms with E-state index < -0.39 is 5.82 Å². The fraction of sp³-hybridized carbons (Fsp3) is 0.200. The first-order valence-corrected chi connectivity index (χ1v) is 6.26. The monoisotopic (exact) mass is 277 g/mol. The van der Waals surface area contributed by atoms with Crippen molar-refractivity contribution in [2.45, 2.75) is 20.3 Å². The fourth-order valence-corrected chi connectivity index (χ4v) is 2.05. The molecule has 2 rings (SSSR count). The predicted molar refractivity (Wildman–Crippen MR) is 73.2 cm³/mol. The van der Waals surface area contributed by atoms with Crippen molar-refractivity contribution in [1.82, 2.24) is 4.98 Å². The van der Waals surface area contributed by atoms with Gasteiger partial charge in [-0.2, -0.15) is 0 Å². The van der Waals surface area contributed by atoms with Gasteiger partial charge >= 0.3 is 0 Å². The Morgan fingerprint density at radius 1 is 1.21 bits per heavy atom. The number of nitrogens with zero attached hydrogens (tertiary/aromatic N) is 1. The predicted octanol–water partition coefficient (Wildman–Crippen LogP) is 3.92. The van der Waals surface area contributed by atoms with Gasteiger partial charge in [0.05, 0.1) is 5.02 Å². The number of Topliss-reactive ketones (excluding diaryl/α,β-unsaturated/α-hetero) is 1. The van der Waals surface area contributed by atoms with Crippen molar-refractivity contribution in [3.8, 4) is 0 Å². The van der Waals surface area contributed by atoms with Gasteiger partial charge in [0.2, 0.25) is 0 Å². The number of ketones is 1. The summed E-state index contributed by atoms with van der Waals surface area (Å²) in [5.74, 6) is -0.565. The van der Waals surface area contributed by atoms with Crippen LogP contribution in [0.3, 0.4) is 0 Å². The summed E-state index contributed by atoms with van der Waals surface area (Å²) < 4.78 is 13.3. The number of carbonyl (C=O) groups excluding carboxylic acids is 1. The minimum Gasteiger partial charge on any atom is -0.294 e. The van der Waals surface area contributed by atoms with E-state index in [-0.39, 0.29) is 17.2 Å². The van der Waals surface area contributed by atoms with Gasteiger partial charge < -0.3 is 0 Å². The topological polar surface area (TPSA) is 30.0 Å². The molecule has 0 aliphatic carbocycles. The number of aryl methyl sites for hydroxylation is 2. The molecule has 0 saturated carbocycles. The summed E-state index contributed by atoms with van der Waals surface area (Å²) in [4.78, 5) is 16.4. The number of rotatable bonds is 3. The molecule has 0 amide bonds. The van der Waals surface area contributed by atoms with E-state index in [1.54, 1.807) is 18.2 Å². The van der Waals surface area contributed by atoms with Crippen molar-refractivity contribution < 1.29 is 9.18 Å². The molecule has 0 atom stereocenters. The van der Waals surface area contributed by atoms with E-state index in [0.29, 0.717) is 11.1 Å². The van der Waals surface area contributed by atoms with Crippen molar-refractivity contribution in [2.75, 3.05) is 0 Å². The molecule has 0 N–H and O–H groups in total. The molecule has 19 heavy (non-hydrogen) atoms. The number of pyridine rings is 1. The number of hydrogen-bond donors (Lipinski definition) is 0. The summed E-state index contributed by atoms with van der Waals surface area (Å²) in [7, 11) is 0. The van der Waals surface area contributed by atoms with Gasteiger partial charge in [-0.15, -0.1) is 0 Å². The van der Waals surface area contributed by atoms with Crippen LogP contribution in [0.25, 0.3) is 0 Å². The average Bonchev–Trinajstić information content (AvgIpc) is 2.32. The molecule has 4 heteroatoms. The molecule has 0 spiro atoms. The molecule has 1 aromatic carbocycles. The maximum Gasteiger partial charge on any atom is 0.167 e. The lowest BCUT2D eigenvalue weighted by atomic mass is 10.0. The second-order valence-corrected chi connectivity index (χ2v) is 4.89. The molecule has 0 radical (unpaired) electrons. The van der Waals surface area contributed by atoms with Crippen molar-refractivity contribution >= 4 is 17.4 Å². The summed E-state index contributed by atoms with van der Waals surface area (Å²) in [6.07, 6.45) is 0.150. The van der Waals surface area contributed by atoms with Gasteiger partial charge in [0.1, 0.15) is 5.82 Å². The Balaban J connectivity index is 2.22. The lowest BCUT2D eigenvalue weighted by Gasteiger charge is -2.05. The summed E-state index contributed by atoms with van der Waals surface area (Å²) in [6, 6.07) is 7.89. The molecule has 2 nitrogen and oxygen atoms in total.